The van der Waals surface area contributed by atoms with Gasteiger partial charge in [0.1, 0.15) is 10.6 Å². The van der Waals surface area contributed by atoms with E-state index in [2.05, 4.69) is 10.3 Å². The van der Waals surface area contributed by atoms with E-state index in [1.807, 2.05) is 13.0 Å². The number of anilines is 1. The van der Waals surface area contributed by atoms with Crippen molar-refractivity contribution in [3.8, 4) is 5.75 Å². The summed E-state index contributed by atoms with van der Waals surface area (Å²) in [7, 11) is -2.39. The van der Waals surface area contributed by atoms with Crippen molar-refractivity contribution in [3.63, 3.8) is 0 Å². The third-order valence-electron chi connectivity index (χ3n) is 4.93. The second-order valence-corrected chi connectivity index (χ2v) is 10.3. The number of benzene rings is 3. The molecule has 0 radical (unpaired) electrons. The van der Waals surface area contributed by atoms with Crippen LogP contribution in [0, 0.1) is 6.92 Å². The van der Waals surface area contributed by atoms with E-state index in [0.717, 1.165) is 17.3 Å². The maximum atomic E-state index is 13.4. The molecule has 0 aliphatic heterocycles. The second-order valence-electron chi connectivity index (χ2n) is 7.17. The number of aromatic amines is 1. The number of hydrogen-bond acceptors (Lipinski definition) is 5. The lowest BCUT2D eigenvalue weighted by molar-refractivity contribution is -0.526. The Morgan fingerprint density at radius 1 is 1.12 bits per heavy atom. The van der Waals surface area contributed by atoms with Gasteiger partial charge in [0.25, 0.3) is 0 Å². The van der Waals surface area contributed by atoms with Crippen LogP contribution in [0.25, 0.3) is 11.0 Å². The molecule has 33 heavy (non-hydrogen) atoms. The average molecular weight is 503 g/mol. The molecule has 4 aromatic rings. The molecule has 0 aliphatic rings. The fraction of sp³-hybridized carbons (Fsp3) is 0.130. The van der Waals surface area contributed by atoms with Crippen molar-refractivity contribution in [1.82, 2.24) is 4.98 Å². The smallest absolute Gasteiger partial charge is 0.336 e. The van der Waals surface area contributed by atoms with Crippen molar-refractivity contribution < 1.29 is 21.9 Å². The van der Waals surface area contributed by atoms with Crippen LogP contribution in [-0.2, 0) is 14.8 Å². The predicted molar refractivity (Wildman–Crippen MR) is 130 cm³/mol. The van der Waals surface area contributed by atoms with Crippen LogP contribution in [-0.4, -0.2) is 32.2 Å². The van der Waals surface area contributed by atoms with Crippen molar-refractivity contribution in [3.05, 3.63) is 77.3 Å². The van der Waals surface area contributed by atoms with Gasteiger partial charge in [0.05, 0.1) is 18.6 Å². The number of ether oxygens (including phenoxy) is 1. The van der Waals surface area contributed by atoms with Crippen LogP contribution in [0.5, 0.6) is 5.75 Å². The quantitative estimate of drug-likeness (QED) is 0.289. The van der Waals surface area contributed by atoms with Gasteiger partial charge in [-0.05, 0) is 54.6 Å². The summed E-state index contributed by atoms with van der Waals surface area (Å²) < 4.78 is 33.4. The van der Waals surface area contributed by atoms with Crippen LogP contribution < -0.4 is 14.0 Å². The first-order chi connectivity index (χ1) is 15.8. The highest BCUT2D eigenvalue weighted by atomic mass is 35.5. The number of aryl methyl sites for hydroxylation is 1. The number of H-pyrrole nitrogens is 1. The van der Waals surface area contributed by atoms with Crippen molar-refractivity contribution in [2.75, 3.05) is 18.2 Å². The molecule has 0 spiro atoms. The number of methoxy groups -OCH3 is 1. The SMILES string of the molecule is COc1cc(Cl)c(C)cc1NC(=O)CSc1[nH]c2ccccc2[n+]1S(=O)(=O)c1ccccc1. The highest BCUT2D eigenvalue weighted by molar-refractivity contribution is 8.00. The number of aromatic nitrogens is 2. The van der Waals surface area contributed by atoms with Gasteiger partial charge in [0.2, 0.25) is 5.91 Å². The van der Waals surface area contributed by atoms with Gasteiger partial charge in [-0.1, -0.05) is 41.9 Å². The number of hydrogen-bond donors (Lipinski definition) is 2. The number of carbonyl (C=O) groups excluding carboxylic acids is 1. The van der Waals surface area contributed by atoms with E-state index >= 15 is 0 Å². The van der Waals surface area contributed by atoms with Gasteiger partial charge in [-0.2, -0.15) is 8.42 Å². The van der Waals surface area contributed by atoms with Crippen LogP contribution >= 0.6 is 23.4 Å². The molecule has 4 rings (SSSR count). The highest BCUT2D eigenvalue weighted by Crippen LogP contribution is 2.31. The largest absolute Gasteiger partial charge is 0.495 e. The maximum absolute atomic E-state index is 13.4. The van der Waals surface area contributed by atoms with Gasteiger partial charge >= 0.3 is 15.2 Å². The third kappa shape index (κ3) is 4.71. The Morgan fingerprint density at radius 3 is 2.55 bits per heavy atom. The first-order valence-electron chi connectivity index (χ1n) is 9.91. The average Bonchev–Trinajstić information content (AvgIpc) is 3.20. The summed E-state index contributed by atoms with van der Waals surface area (Å²) >= 11 is 7.22. The lowest BCUT2D eigenvalue weighted by atomic mass is 10.2. The van der Waals surface area contributed by atoms with Gasteiger partial charge in [-0.3, -0.25) is 4.79 Å². The van der Waals surface area contributed by atoms with Crippen molar-refractivity contribution >= 4 is 56.0 Å². The number of amides is 1. The summed E-state index contributed by atoms with van der Waals surface area (Å²) in [6.45, 7) is 1.83. The van der Waals surface area contributed by atoms with E-state index in [1.54, 1.807) is 60.7 Å². The van der Waals surface area contributed by atoms with E-state index in [9.17, 15) is 13.2 Å². The predicted octanol–water partition coefficient (Wildman–Crippen LogP) is 4.39. The van der Waals surface area contributed by atoms with E-state index in [4.69, 9.17) is 16.3 Å². The zero-order valence-corrected chi connectivity index (χ0v) is 20.2. The Labute approximate surface area is 200 Å². The first kappa shape index (κ1) is 23.2. The zero-order valence-electron chi connectivity index (χ0n) is 17.8. The summed E-state index contributed by atoms with van der Waals surface area (Å²) in [5, 5.41) is 3.67. The van der Waals surface area contributed by atoms with Gasteiger partial charge in [0, 0.05) is 11.1 Å². The molecule has 0 unspecified atom stereocenters. The molecule has 0 saturated carbocycles. The molecule has 3 aromatic carbocycles. The highest BCUT2D eigenvalue weighted by Gasteiger charge is 2.32. The van der Waals surface area contributed by atoms with Gasteiger partial charge < -0.3 is 10.1 Å². The van der Waals surface area contributed by atoms with Crippen molar-refractivity contribution in [2.45, 2.75) is 17.0 Å². The Kier molecular flexibility index (Phi) is 6.64. The molecule has 0 atom stereocenters. The Bertz CT molecular complexity index is 1440. The number of carbonyl (C=O) groups is 1. The molecule has 0 bridgehead atoms. The molecule has 0 aliphatic carbocycles. The molecule has 2 N–H and O–H groups in total. The Hall–Kier alpha value is -3.01. The normalized spacial score (nSPS) is 11.5. The Balaban J connectivity index is 1.63. The van der Waals surface area contributed by atoms with Gasteiger partial charge in [-0.15, -0.1) is 3.97 Å². The molecule has 1 aromatic heterocycles. The molecule has 1 amide bonds. The number of nitrogens with one attached hydrogen (secondary N) is 2. The van der Waals surface area contributed by atoms with Crippen molar-refractivity contribution in [2.24, 2.45) is 0 Å². The minimum absolute atomic E-state index is 0.0258. The number of rotatable bonds is 7. The molecule has 7 nitrogen and oxygen atoms in total. The topological polar surface area (TPSA) is 92.1 Å². The Morgan fingerprint density at radius 2 is 1.82 bits per heavy atom. The molecule has 170 valence electrons. The molecule has 10 heteroatoms. The van der Waals surface area contributed by atoms with Crippen LogP contribution in [0.15, 0.2) is 76.8 Å². The van der Waals surface area contributed by atoms with E-state index in [0.29, 0.717) is 32.6 Å². The number of thioether (sulfide) groups is 1. The second kappa shape index (κ2) is 9.46. The fourth-order valence-electron chi connectivity index (χ4n) is 3.31. The number of nitrogens with zero attached hydrogens (tertiary/aromatic N) is 1. The van der Waals surface area contributed by atoms with Crippen LogP contribution in [0.2, 0.25) is 5.02 Å². The van der Waals surface area contributed by atoms with Gasteiger partial charge in [-0.25, -0.2) is 4.98 Å². The molecule has 0 saturated heterocycles. The number of fused-ring (bicyclic) bond motifs is 1. The number of halogens is 1. The molecular weight excluding hydrogens is 482 g/mol. The lowest BCUT2D eigenvalue weighted by Crippen LogP contribution is -2.44. The number of para-hydroxylation sites is 2. The van der Waals surface area contributed by atoms with Crippen LogP contribution in [0.4, 0.5) is 5.69 Å². The minimum atomic E-state index is -3.88. The summed E-state index contributed by atoms with van der Waals surface area (Å²) in [5.41, 5.74) is 2.43. The maximum Gasteiger partial charge on any atom is 0.336 e. The monoisotopic (exact) mass is 502 g/mol. The van der Waals surface area contributed by atoms with E-state index < -0.39 is 10.0 Å². The summed E-state index contributed by atoms with van der Waals surface area (Å²) in [5.74, 6) is 0.0979. The van der Waals surface area contributed by atoms with E-state index in [1.165, 1.54) is 11.1 Å². The molecule has 0 fully saturated rings. The van der Waals surface area contributed by atoms with Crippen molar-refractivity contribution in [1.29, 1.82) is 0 Å². The van der Waals surface area contributed by atoms with E-state index in [-0.39, 0.29) is 16.6 Å². The van der Waals surface area contributed by atoms with Crippen LogP contribution in [0.1, 0.15) is 5.56 Å². The fourth-order valence-corrected chi connectivity index (χ4v) is 6.05. The summed E-state index contributed by atoms with van der Waals surface area (Å²) in [4.78, 5) is 16.0. The lowest BCUT2D eigenvalue weighted by Gasteiger charge is -2.12. The van der Waals surface area contributed by atoms with Crippen LogP contribution in [0.3, 0.4) is 0 Å². The number of imidazole rings is 1. The van der Waals surface area contributed by atoms with Gasteiger partial charge in [0.15, 0.2) is 11.0 Å². The first-order valence-corrected chi connectivity index (χ1v) is 12.7. The summed E-state index contributed by atoms with van der Waals surface area (Å²) in [6, 6.07) is 18.6. The minimum Gasteiger partial charge on any atom is -0.495 e. The summed E-state index contributed by atoms with van der Waals surface area (Å²) in [6.07, 6.45) is 0. The standard InChI is InChI=1S/C23H20ClN3O4S2/c1-15-12-19(21(31-2)13-17(15)24)25-22(28)14-32-23-26-18-10-6-7-11-20(18)27(23)33(29,30)16-8-4-3-5-9-16/h3-13H,14H2,1-2H3,(H,25,28)/p+1. The molecular formula is C23H21ClN3O4S2+. The third-order valence-corrected chi connectivity index (χ3v) is 8.14. The zero-order chi connectivity index (χ0) is 23.6. The molecule has 1 heterocycles.